The highest BCUT2D eigenvalue weighted by molar-refractivity contribution is 5.80. The minimum absolute atomic E-state index is 0.493. The molecule has 0 aromatic carbocycles. The van der Waals surface area contributed by atoms with E-state index in [1.807, 2.05) is 0 Å². The van der Waals surface area contributed by atoms with E-state index in [2.05, 4.69) is 44.1 Å². The first-order valence-corrected chi connectivity index (χ1v) is 9.89. The molecule has 0 aliphatic carbocycles. The fourth-order valence-electron chi connectivity index (χ4n) is 3.26. The number of piperidine rings is 1. The Morgan fingerprint density at radius 1 is 1.31 bits per heavy atom. The van der Waals surface area contributed by atoms with E-state index in [1.165, 1.54) is 0 Å². The van der Waals surface area contributed by atoms with Gasteiger partial charge in [0, 0.05) is 58.9 Å². The molecule has 148 valence electrons. The minimum atomic E-state index is 0.493. The van der Waals surface area contributed by atoms with Crippen LogP contribution in [0.5, 0.6) is 0 Å². The van der Waals surface area contributed by atoms with Gasteiger partial charge in [-0.3, -0.25) is 4.99 Å². The van der Waals surface area contributed by atoms with E-state index < -0.39 is 0 Å². The predicted octanol–water partition coefficient (Wildman–Crippen LogP) is 0.897. The molecule has 2 rings (SSSR count). The molecule has 26 heavy (non-hydrogen) atoms. The summed E-state index contributed by atoms with van der Waals surface area (Å²) in [6, 6.07) is 0.493. The van der Waals surface area contributed by atoms with Crippen molar-refractivity contribution in [3.05, 3.63) is 12.2 Å². The number of rotatable bonds is 10. The maximum Gasteiger partial charge on any atom is 0.191 e. The normalized spacial score (nSPS) is 16.8. The summed E-state index contributed by atoms with van der Waals surface area (Å²) in [5.41, 5.74) is 0. The average Bonchev–Trinajstić information content (AvgIpc) is 3.11. The zero-order valence-corrected chi connectivity index (χ0v) is 16.6. The van der Waals surface area contributed by atoms with Crippen molar-refractivity contribution in [1.29, 1.82) is 0 Å². The molecule has 1 aliphatic heterocycles. The minimum Gasteiger partial charge on any atom is -0.385 e. The summed E-state index contributed by atoms with van der Waals surface area (Å²) >= 11 is 0. The Morgan fingerprint density at radius 2 is 2.12 bits per heavy atom. The van der Waals surface area contributed by atoms with Crippen molar-refractivity contribution < 1.29 is 4.74 Å². The number of aryl methyl sites for hydroxylation is 1. The highest BCUT2D eigenvalue weighted by Gasteiger charge is 2.19. The van der Waals surface area contributed by atoms with Gasteiger partial charge >= 0.3 is 0 Å². The zero-order valence-electron chi connectivity index (χ0n) is 16.6. The molecule has 0 atom stereocenters. The van der Waals surface area contributed by atoms with Crippen LogP contribution in [0.25, 0.3) is 0 Å². The third-order valence-corrected chi connectivity index (χ3v) is 4.72. The van der Waals surface area contributed by atoms with Gasteiger partial charge in [-0.1, -0.05) is 6.92 Å². The summed E-state index contributed by atoms with van der Waals surface area (Å²) in [5.74, 6) is 1.93. The maximum atomic E-state index is 5.14. The third kappa shape index (κ3) is 6.92. The molecule has 1 aromatic rings. The maximum absolute atomic E-state index is 5.14. The van der Waals surface area contributed by atoms with Gasteiger partial charge in [-0.2, -0.15) is 0 Å². The summed E-state index contributed by atoms with van der Waals surface area (Å²) in [7, 11) is 1.77. The number of nitrogens with one attached hydrogen (secondary N) is 2. The van der Waals surface area contributed by atoms with E-state index in [1.54, 1.807) is 13.4 Å². The molecule has 1 fully saturated rings. The van der Waals surface area contributed by atoms with Crippen LogP contribution >= 0.6 is 0 Å². The number of aromatic nitrogens is 3. The van der Waals surface area contributed by atoms with Gasteiger partial charge in [-0.25, -0.2) is 0 Å². The number of ether oxygens (including phenoxy) is 1. The van der Waals surface area contributed by atoms with Crippen LogP contribution in [-0.4, -0.2) is 78.1 Å². The van der Waals surface area contributed by atoms with Gasteiger partial charge in [0.25, 0.3) is 0 Å². The van der Waals surface area contributed by atoms with Crippen molar-refractivity contribution in [1.82, 2.24) is 30.3 Å². The molecule has 8 heteroatoms. The predicted molar refractivity (Wildman–Crippen MR) is 104 cm³/mol. The second-order valence-electron chi connectivity index (χ2n) is 6.66. The molecular formula is C18H35N7O. The van der Waals surface area contributed by atoms with Crippen LogP contribution in [0.2, 0.25) is 0 Å². The van der Waals surface area contributed by atoms with Gasteiger partial charge < -0.3 is 24.8 Å². The van der Waals surface area contributed by atoms with Gasteiger partial charge in [0.2, 0.25) is 0 Å². The fraction of sp³-hybridized carbons (Fsp3) is 0.833. The first-order valence-electron chi connectivity index (χ1n) is 9.89. The Morgan fingerprint density at radius 3 is 2.81 bits per heavy atom. The average molecular weight is 366 g/mol. The Bertz CT molecular complexity index is 523. The quantitative estimate of drug-likeness (QED) is 0.364. The molecular weight excluding hydrogens is 330 g/mol. The Hall–Kier alpha value is -1.67. The molecule has 0 bridgehead atoms. The molecule has 1 aromatic heterocycles. The van der Waals surface area contributed by atoms with Crippen molar-refractivity contribution in [3.63, 3.8) is 0 Å². The fourth-order valence-corrected chi connectivity index (χ4v) is 3.26. The van der Waals surface area contributed by atoms with Gasteiger partial charge in [0.1, 0.15) is 12.2 Å². The van der Waals surface area contributed by atoms with Crippen molar-refractivity contribution in [2.24, 2.45) is 4.99 Å². The molecule has 1 aliphatic rings. The summed E-state index contributed by atoms with van der Waals surface area (Å²) in [6.07, 6.45) is 6.10. The number of nitrogens with zero attached hydrogens (tertiary/aromatic N) is 5. The molecule has 0 saturated carbocycles. The summed E-state index contributed by atoms with van der Waals surface area (Å²) in [4.78, 5) is 7.25. The molecule has 1 saturated heterocycles. The van der Waals surface area contributed by atoms with E-state index in [0.29, 0.717) is 6.04 Å². The van der Waals surface area contributed by atoms with E-state index in [0.717, 1.165) is 83.3 Å². The van der Waals surface area contributed by atoms with Crippen LogP contribution in [0.15, 0.2) is 11.3 Å². The Balaban J connectivity index is 1.75. The van der Waals surface area contributed by atoms with Crippen molar-refractivity contribution in [2.45, 2.75) is 52.1 Å². The van der Waals surface area contributed by atoms with Crippen LogP contribution in [0, 0.1) is 0 Å². The summed E-state index contributed by atoms with van der Waals surface area (Å²) < 4.78 is 7.21. The summed E-state index contributed by atoms with van der Waals surface area (Å²) in [6.45, 7) is 10.9. The van der Waals surface area contributed by atoms with Gasteiger partial charge in [0.05, 0.1) is 6.54 Å². The highest BCUT2D eigenvalue weighted by Crippen LogP contribution is 2.10. The standard InChI is InChI=1S/C18H35N7O/c1-4-17-23-21-15-25(17)13-9-20-18(19-5-2)22-16-7-11-24(12-8-16)10-6-14-26-3/h15-16H,4-14H2,1-3H3,(H2,19,20,22). The SMILES string of the molecule is CCNC(=NCCn1cnnc1CC)NC1CCN(CCCOC)CC1. The smallest absolute Gasteiger partial charge is 0.191 e. The number of hydrogen-bond donors (Lipinski definition) is 2. The van der Waals surface area contributed by atoms with Crippen molar-refractivity contribution >= 4 is 5.96 Å². The van der Waals surface area contributed by atoms with E-state index in [4.69, 9.17) is 9.73 Å². The Labute approximate surface area is 157 Å². The molecule has 8 nitrogen and oxygen atoms in total. The van der Waals surface area contributed by atoms with Crippen LogP contribution in [0.1, 0.15) is 38.9 Å². The lowest BCUT2D eigenvalue weighted by Gasteiger charge is -2.33. The first kappa shape index (κ1) is 20.6. The second-order valence-corrected chi connectivity index (χ2v) is 6.66. The second kappa shape index (κ2) is 11.9. The van der Waals surface area contributed by atoms with Crippen molar-refractivity contribution in [2.75, 3.05) is 46.4 Å². The first-order chi connectivity index (χ1) is 12.8. The Kier molecular flexibility index (Phi) is 9.41. The van der Waals surface area contributed by atoms with Crippen LogP contribution < -0.4 is 10.6 Å². The number of hydrogen-bond acceptors (Lipinski definition) is 5. The monoisotopic (exact) mass is 365 g/mol. The van der Waals surface area contributed by atoms with Gasteiger partial charge in [-0.15, -0.1) is 10.2 Å². The molecule has 0 amide bonds. The topological polar surface area (TPSA) is 79.6 Å². The number of guanidine groups is 1. The largest absolute Gasteiger partial charge is 0.385 e. The molecule has 2 heterocycles. The molecule has 2 N–H and O–H groups in total. The lowest BCUT2D eigenvalue weighted by molar-refractivity contribution is 0.155. The molecule has 0 spiro atoms. The van der Waals surface area contributed by atoms with Gasteiger partial charge in [0.15, 0.2) is 5.96 Å². The molecule has 0 radical (unpaired) electrons. The number of likely N-dealkylation sites (tertiary alicyclic amines) is 1. The lowest BCUT2D eigenvalue weighted by Crippen LogP contribution is -2.49. The van der Waals surface area contributed by atoms with Crippen LogP contribution in [0.3, 0.4) is 0 Å². The zero-order chi connectivity index (χ0) is 18.6. The van der Waals surface area contributed by atoms with Gasteiger partial charge in [-0.05, 0) is 26.2 Å². The van der Waals surface area contributed by atoms with E-state index >= 15 is 0 Å². The van der Waals surface area contributed by atoms with Crippen LogP contribution in [0.4, 0.5) is 0 Å². The highest BCUT2D eigenvalue weighted by atomic mass is 16.5. The van der Waals surface area contributed by atoms with Crippen LogP contribution in [-0.2, 0) is 17.7 Å². The molecule has 0 unspecified atom stereocenters. The number of methoxy groups -OCH3 is 1. The van der Waals surface area contributed by atoms with Crippen molar-refractivity contribution in [3.8, 4) is 0 Å². The summed E-state index contributed by atoms with van der Waals surface area (Å²) in [5, 5.41) is 15.1. The number of aliphatic imine (C=N–C) groups is 1. The third-order valence-electron chi connectivity index (χ3n) is 4.72. The lowest BCUT2D eigenvalue weighted by atomic mass is 10.1. The van der Waals surface area contributed by atoms with E-state index in [-0.39, 0.29) is 0 Å². The van der Waals surface area contributed by atoms with E-state index in [9.17, 15) is 0 Å².